The number of anilines is 1. The van der Waals surface area contributed by atoms with Gasteiger partial charge in [0.25, 0.3) is 0 Å². The summed E-state index contributed by atoms with van der Waals surface area (Å²) in [6, 6.07) is 2.74. The van der Waals surface area contributed by atoms with Gasteiger partial charge in [-0.1, -0.05) is 18.5 Å². The number of benzene rings is 1. The van der Waals surface area contributed by atoms with E-state index in [1.54, 1.807) is 13.8 Å². The number of nitrogen functional groups attached to an aromatic ring is 1. The van der Waals surface area contributed by atoms with Gasteiger partial charge in [-0.2, -0.15) is 0 Å². The van der Waals surface area contributed by atoms with Crippen molar-refractivity contribution in [3.05, 3.63) is 22.7 Å². The van der Waals surface area contributed by atoms with Crippen molar-refractivity contribution in [2.24, 2.45) is 5.92 Å². The van der Waals surface area contributed by atoms with Gasteiger partial charge in [-0.05, 0) is 24.6 Å². The molecule has 1 unspecified atom stereocenters. The summed E-state index contributed by atoms with van der Waals surface area (Å²) in [4.78, 5) is 11.5. The quantitative estimate of drug-likeness (QED) is 0.793. The van der Waals surface area contributed by atoms with Crippen LogP contribution in [-0.4, -0.2) is 39.3 Å². The smallest absolute Gasteiger partial charge is 0.242 e. The summed E-state index contributed by atoms with van der Waals surface area (Å²) in [5.41, 5.74) is 6.71. The van der Waals surface area contributed by atoms with Gasteiger partial charge in [-0.3, -0.25) is 4.79 Å². The van der Waals surface area contributed by atoms with Crippen molar-refractivity contribution in [2.75, 3.05) is 26.4 Å². The maximum absolute atomic E-state index is 12.5. The molecule has 0 saturated heterocycles. The maximum Gasteiger partial charge on any atom is 0.242 e. The van der Waals surface area contributed by atoms with Gasteiger partial charge in [0.05, 0.1) is 4.90 Å². The monoisotopic (exact) mass is 333 g/mol. The predicted octanol–water partition coefficient (Wildman–Crippen LogP) is 1.23. The van der Waals surface area contributed by atoms with E-state index in [0.29, 0.717) is 16.3 Å². The standard InChI is InChI=1S/C13H20ClN3O3S/c1-8(13(18)16-3)7-17(4)21(19,20)10-5-11(14)9(2)12(15)6-10/h5-6,8H,7,15H2,1-4H3,(H,16,18). The van der Waals surface area contributed by atoms with E-state index in [4.69, 9.17) is 17.3 Å². The molecule has 0 heterocycles. The molecule has 21 heavy (non-hydrogen) atoms. The summed E-state index contributed by atoms with van der Waals surface area (Å²) in [6.45, 7) is 3.43. The van der Waals surface area contributed by atoms with Crippen LogP contribution in [0.5, 0.6) is 0 Å². The van der Waals surface area contributed by atoms with E-state index in [-0.39, 0.29) is 17.3 Å². The highest BCUT2D eigenvalue weighted by molar-refractivity contribution is 7.89. The largest absolute Gasteiger partial charge is 0.398 e. The maximum atomic E-state index is 12.5. The van der Waals surface area contributed by atoms with Crippen LogP contribution in [0.2, 0.25) is 5.02 Å². The van der Waals surface area contributed by atoms with Crippen molar-refractivity contribution < 1.29 is 13.2 Å². The van der Waals surface area contributed by atoms with Crippen molar-refractivity contribution in [1.29, 1.82) is 0 Å². The highest BCUT2D eigenvalue weighted by Crippen LogP contribution is 2.27. The highest BCUT2D eigenvalue weighted by atomic mass is 35.5. The number of halogens is 1. The molecule has 1 aromatic rings. The number of hydrogen-bond donors (Lipinski definition) is 2. The summed E-state index contributed by atoms with van der Waals surface area (Å²) >= 11 is 5.98. The molecule has 0 spiro atoms. The van der Waals surface area contributed by atoms with Crippen LogP contribution in [-0.2, 0) is 14.8 Å². The van der Waals surface area contributed by atoms with Gasteiger partial charge in [-0.25, -0.2) is 12.7 Å². The zero-order valence-corrected chi connectivity index (χ0v) is 14.0. The molecule has 0 fully saturated rings. The summed E-state index contributed by atoms with van der Waals surface area (Å²) in [6.07, 6.45) is 0. The molecule has 1 rings (SSSR count). The van der Waals surface area contributed by atoms with Gasteiger partial charge in [0, 0.05) is 37.3 Å². The Morgan fingerprint density at radius 3 is 2.52 bits per heavy atom. The molecule has 0 aliphatic heterocycles. The third-order valence-corrected chi connectivity index (χ3v) is 5.48. The minimum atomic E-state index is -3.75. The lowest BCUT2D eigenvalue weighted by Crippen LogP contribution is -2.37. The minimum absolute atomic E-state index is 0.0159. The van der Waals surface area contributed by atoms with Crippen LogP contribution in [0.1, 0.15) is 12.5 Å². The number of hydrogen-bond acceptors (Lipinski definition) is 4. The topological polar surface area (TPSA) is 92.5 Å². The Hall–Kier alpha value is -1.31. The fourth-order valence-corrected chi connectivity index (χ4v) is 3.43. The molecular formula is C13H20ClN3O3S. The first-order chi connectivity index (χ1) is 9.61. The third-order valence-electron chi connectivity index (χ3n) is 3.29. The van der Waals surface area contributed by atoms with E-state index >= 15 is 0 Å². The average Bonchev–Trinajstić information content (AvgIpc) is 2.42. The molecule has 3 N–H and O–H groups in total. The Kier molecular flexibility index (Phi) is 5.61. The first-order valence-electron chi connectivity index (χ1n) is 6.34. The summed E-state index contributed by atoms with van der Waals surface area (Å²) in [7, 11) is -0.826. The molecular weight excluding hydrogens is 314 g/mol. The normalized spacial score (nSPS) is 13.2. The van der Waals surface area contributed by atoms with Gasteiger partial charge in [0.2, 0.25) is 15.9 Å². The Morgan fingerprint density at radius 2 is 2.05 bits per heavy atom. The lowest BCUT2D eigenvalue weighted by atomic mass is 10.2. The predicted molar refractivity (Wildman–Crippen MR) is 83.6 cm³/mol. The molecule has 6 nitrogen and oxygen atoms in total. The fourth-order valence-electron chi connectivity index (χ4n) is 1.82. The van der Waals surface area contributed by atoms with Crippen LogP contribution in [0.4, 0.5) is 5.69 Å². The number of rotatable bonds is 5. The van der Waals surface area contributed by atoms with E-state index in [0.717, 1.165) is 4.31 Å². The summed E-state index contributed by atoms with van der Waals surface area (Å²) in [5.74, 6) is -0.688. The molecule has 0 aliphatic rings. The van der Waals surface area contributed by atoms with Gasteiger partial charge in [0.1, 0.15) is 0 Å². The van der Waals surface area contributed by atoms with Crippen LogP contribution in [0.25, 0.3) is 0 Å². The highest BCUT2D eigenvalue weighted by Gasteiger charge is 2.25. The molecule has 8 heteroatoms. The molecule has 0 aliphatic carbocycles. The zero-order chi connectivity index (χ0) is 16.4. The number of nitrogens with one attached hydrogen (secondary N) is 1. The average molecular weight is 334 g/mol. The summed E-state index contributed by atoms with van der Waals surface area (Å²) < 4.78 is 26.1. The molecule has 118 valence electrons. The Bertz CT molecular complexity index is 623. The molecule has 1 atom stereocenters. The Balaban J connectivity index is 3.08. The first kappa shape index (κ1) is 17.7. The van der Waals surface area contributed by atoms with E-state index in [1.807, 2.05) is 0 Å². The van der Waals surface area contributed by atoms with Crippen LogP contribution in [0.3, 0.4) is 0 Å². The van der Waals surface area contributed by atoms with Crippen molar-refractivity contribution in [3.8, 4) is 0 Å². The lowest BCUT2D eigenvalue weighted by molar-refractivity contribution is -0.124. The van der Waals surface area contributed by atoms with Crippen LogP contribution in [0, 0.1) is 12.8 Å². The van der Waals surface area contributed by atoms with Crippen LogP contribution in [0.15, 0.2) is 17.0 Å². The van der Waals surface area contributed by atoms with Gasteiger partial charge < -0.3 is 11.1 Å². The van der Waals surface area contributed by atoms with Gasteiger partial charge >= 0.3 is 0 Å². The van der Waals surface area contributed by atoms with E-state index in [9.17, 15) is 13.2 Å². The first-order valence-corrected chi connectivity index (χ1v) is 8.16. The second kappa shape index (κ2) is 6.64. The number of nitrogens with two attached hydrogens (primary N) is 1. The summed E-state index contributed by atoms with van der Waals surface area (Å²) in [5, 5.41) is 2.78. The van der Waals surface area contributed by atoms with E-state index < -0.39 is 15.9 Å². The minimum Gasteiger partial charge on any atom is -0.398 e. The second-order valence-electron chi connectivity index (χ2n) is 4.92. The number of carbonyl (C=O) groups is 1. The zero-order valence-electron chi connectivity index (χ0n) is 12.5. The SMILES string of the molecule is CNC(=O)C(C)CN(C)S(=O)(=O)c1cc(N)c(C)c(Cl)c1. The molecule has 0 saturated carbocycles. The molecule has 0 aromatic heterocycles. The molecule has 0 radical (unpaired) electrons. The third kappa shape index (κ3) is 3.87. The van der Waals surface area contributed by atoms with Crippen molar-refractivity contribution in [2.45, 2.75) is 18.7 Å². The van der Waals surface area contributed by atoms with Gasteiger partial charge in [0.15, 0.2) is 0 Å². The van der Waals surface area contributed by atoms with Gasteiger partial charge in [-0.15, -0.1) is 0 Å². The Labute approximate surface area is 130 Å². The number of nitrogens with zero attached hydrogens (tertiary/aromatic N) is 1. The fraction of sp³-hybridized carbons (Fsp3) is 0.462. The van der Waals surface area contributed by atoms with E-state index in [1.165, 1.54) is 26.2 Å². The van der Waals surface area contributed by atoms with Crippen molar-refractivity contribution >= 4 is 33.2 Å². The molecule has 1 amide bonds. The van der Waals surface area contributed by atoms with Crippen LogP contribution >= 0.6 is 11.6 Å². The van der Waals surface area contributed by atoms with Crippen molar-refractivity contribution in [1.82, 2.24) is 9.62 Å². The number of sulfonamides is 1. The Morgan fingerprint density at radius 1 is 1.48 bits per heavy atom. The lowest BCUT2D eigenvalue weighted by Gasteiger charge is -2.21. The molecule has 0 bridgehead atoms. The second-order valence-corrected chi connectivity index (χ2v) is 7.37. The van der Waals surface area contributed by atoms with Crippen molar-refractivity contribution in [3.63, 3.8) is 0 Å². The number of amides is 1. The molecule has 1 aromatic carbocycles. The number of carbonyl (C=O) groups excluding carboxylic acids is 1. The van der Waals surface area contributed by atoms with Crippen LogP contribution < -0.4 is 11.1 Å². The van der Waals surface area contributed by atoms with E-state index in [2.05, 4.69) is 5.32 Å².